The fraction of sp³-hybridized carbons (Fsp3) is 0.200. The number of benzene rings is 1. The zero-order valence-electron chi connectivity index (χ0n) is 8.28. The van der Waals surface area contributed by atoms with Gasteiger partial charge in [-0.1, -0.05) is 21.1 Å². The second kappa shape index (κ2) is 5.24. The summed E-state index contributed by atoms with van der Waals surface area (Å²) in [5.41, 5.74) is 6.37. The lowest BCUT2D eigenvalue weighted by molar-refractivity contribution is 0.422. The first kappa shape index (κ1) is 12.0. The first-order chi connectivity index (χ1) is 7.70. The molecule has 0 unspecified atom stereocenters. The topological polar surface area (TPSA) is 64.9 Å². The molecule has 0 aliphatic carbocycles. The van der Waals surface area contributed by atoms with E-state index in [1.54, 1.807) is 0 Å². The highest BCUT2D eigenvalue weighted by atomic mass is 127. The molecule has 0 aliphatic heterocycles. The Morgan fingerprint density at radius 2 is 2.25 bits per heavy atom. The molecule has 2 N–H and O–H groups in total. The van der Waals surface area contributed by atoms with E-state index in [0.29, 0.717) is 24.7 Å². The van der Waals surface area contributed by atoms with Gasteiger partial charge < -0.3 is 10.3 Å². The standard InChI is InChI=1S/C10H9BrIN3O/c11-6-1-2-8(12)7(5-6)10-14-9(3-4-13)15-16-10/h1-2,5H,3-4,13H2. The largest absolute Gasteiger partial charge is 0.334 e. The van der Waals surface area contributed by atoms with Gasteiger partial charge in [0.25, 0.3) is 5.89 Å². The number of nitrogens with zero attached hydrogens (tertiary/aromatic N) is 2. The Balaban J connectivity index is 2.38. The van der Waals surface area contributed by atoms with Crippen LogP contribution in [-0.2, 0) is 6.42 Å². The van der Waals surface area contributed by atoms with Crippen molar-refractivity contribution < 1.29 is 4.52 Å². The smallest absolute Gasteiger partial charge is 0.259 e. The second-order valence-corrected chi connectivity index (χ2v) is 5.26. The molecular weight excluding hydrogens is 385 g/mol. The van der Waals surface area contributed by atoms with Gasteiger partial charge in [-0.05, 0) is 47.3 Å². The lowest BCUT2D eigenvalue weighted by Crippen LogP contribution is -2.03. The first-order valence-electron chi connectivity index (χ1n) is 4.69. The van der Waals surface area contributed by atoms with Gasteiger partial charge in [-0.25, -0.2) is 0 Å². The Morgan fingerprint density at radius 1 is 1.44 bits per heavy atom. The Labute approximate surface area is 115 Å². The summed E-state index contributed by atoms with van der Waals surface area (Å²) in [6.07, 6.45) is 0.633. The van der Waals surface area contributed by atoms with E-state index in [-0.39, 0.29) is 0 Å². The molecule has 0 radical (unpaired) electrons. The lowest BCUT2D eigenvalue weighted by Gasteiger charge is -1.98. The highest BCUT2D eigenvalue weighted by Crippen LogP contribution is 2.27. The Hall–Kier alpha value is -0.470. The summed E-state index contributed by atoms with van der Waals surface area (Å²) in [6, 6.07) is 5.93. The van der Waals surface area contributed by atoms with E-state index in [2.05, 4.69) is 48.7 Å². The molecule has 1 heterocycles. The molecule has 0 saturated heterocycles. The second-order valence-electron chi connectivity index (χ2n) is 3.18. The van der Waals surface area contributed by atoms with Crippen LogP contribution in [0.3, 0.4) is 0 Å². The maximum atomic E-state index is 5.43. The van der Waals surface area contributed by atoms with Crippen LogP contribution in [0.5, 0.6) is 0 Å². The number of hydrogen-bond acceptors (Lipinski definition) is 4. The van der Waals surface area contributed by atoms with Crippen LogP contribution >= 0.6 is 38.5 Å². The van der Waals surface area contributed by atoms with Crippen molar-refractivity contribution >= 4 is 38.5 Å². The molecule has 0 atom stereocenters. The summed E-state index contributed by atoms with van der Waals surface area (Å²) in [4.78, 5) is 4.29. The third-order valence-corrected chi connectivity index (χ3v) is 3.43. The van der Waals surface area contributed by atoms with Gasteiger partial charge in [0.05, 0.1) is 5.56 Å². The van der Waals surface area contributed by atoms with Gasteiger partial charge >= 0.3 is 0 Å². The van der Waals surface area contributed by atoms with Gasteiger partial charge in [0, 0.05) is 14.5 Å². The molecule has 1 aromatic heterocycles. The average Bonchev–Trinajstić information content (AvgIpc) is 2.71. The van der Waals surface area contributed by atoms with Crippen molar-refractivity contribution in [2.75, 3.05) is 6.54 Å². The predicted octanol–water partition coefficient (Wildman–Crippen LogP) is 2.60. The number of aromatic nitrogens is 2. The van der Waals surface area contributed by atoms with Crippen molar-refractivity contribution in [2.24, 2.45) is 5.73 Å². The lowest BCUT2D eigenvalue weighted by atomic mass is 10.2. The van der Waals surface area contributed by atoms with Crippen LogP contribution in [0.4, 0.5) is 0 Å². The molecule has 0 fully saturated rings. The number of halogens is 2. The molecule has 2 rings (SSSR count). The van der Waals surface area contributed by atoms with Crippen LogP contribution < -0.4 is 5.73 Å². The van der Waals surface area contributed by atoms with Gasteiger partial charge in [-0.3, -0.25) is 0 Å². The quantitative estimate of drug-likeness (QED) is 0.814. The molecule has 4 nitrogen and oxygen atoms in total. The molecular formula is C10H9BrIN3O. The molecule has 84 valence electrons. The van der Waals surface area contributed by atoms with Gasteiger partial charge in [0.1, 0.15) is 0 Å². The fourth-order valence-corrected chi connectivity index (χ4v) is 2.18. The molecule has 0 saturated carbocycles. The highest BCUT2D eigenvalue weighted by Gasteiger charge is 2.11. The van der Waals surface area contributed by atoms with E-state index in [9.17, 15) is 0 Å². The minimum absolute atomic E-state index is 0.522. The van der Waals surface area contributed by atoms with Crippen LogP contribution in [0.25, 0.3) is 11.5 Å². The summed E-state index contributed by atoms with van der Waals surface area (Å²) >= 11 is 5.66. The van der Waals surface area contributed by atoms with E-state index in [0.717, 1.165) is 13.6 Å². The molecule has 16 heavy (non-hydrogen) atoms. The number of nitrogens with two attached hydrogens (primary N) is 1. The molecule has 0 aliphatic rings. The van der Waals surface area contributed by atoms with Crippen LogP contribution in [0, 0.1) is 3.57 Å². The third-order valence-electron chi connectivity index (χ3n) is 1.99. The van der Waals surface area contributed by atoms with Crippen molar-refractivity contribution in [3.63, 3.8) is 0 Å². The van der Waals surface area contributed by atoms with Crippen molar-refractivity contribution in [3.8, 4) is 11.5 Å². The SMILES string of the molecule is NCCc1noc(-c2cc(Br)ccc2I)n1. The van der Waals surface area contributed by atoms with Crippen molar-refractivity contribution in [3.05, 3.63) is 32.1 Å². The summed E-state index contributed by atoms with van der Waals surface area (Å²) in [6.45, 7) is 0.522. The van der Waals surface area contributed by atoms with Crippen molar-refractivity contribution in [1.29, 1.82) is 0 Å². The van der Waals surface area contributed by atoms with Crippen LogP contribution in [0.1, 0.15) is 5.82 Å². The molecule has 6 heteroatoms. The van der Waals surface area contributed by atoms with Crippen LogP contribution in [0.2, 0.25) is 0 Å². The zero-order valence-corrected chi connectivity index (χ0v) is 12.0. The third kappa shape index (κ3) is 2.61. The highest BCUT2D eigenvalue weighted by molar-refractivity contribution is 14.1. The molecule has 1 aromatic carbocycles. The van der Waals surface area contributed by atoms with Gasteiger partial charge in [-0.15, -0.1) is 0 Å². The Morgan fingerprint density at radius 3 is 3.00 bits per heavy atom. The summed E-state index contributed by atoms with van der Waals surface area (Å²) < 4.78 is 7.26. The minimum Gasteiger partial charge on any atom is -0.334 e. The molecule has 2 aromatic rings. The monoisotopic (exact) mass is 393 g/mol. The summed E-state index contributed by atoms with van der Waals surface area (Å²) in [7, 11) is 0. The van der Waals surface area contributed by atoms with Crippen LogP contribution in [-0.4, -0.2) is 16.7 Å². The van der Waals surface area contributed by atoms with E-state index in [1.165, 1.54) is 0 Å². The van der Waals surface area contributed by atoms with E-state index < -0.39 is 0 Å². The van der Waals surface area contributed by atoms with Gasteiger partial charge in [0.2, 0.25) is 0 Å². The van der Waals surface area contributed by atoms with E-state index in [1.807, 2.05) is 18.2 Å². The summed E-state index contributed by atoms with van der Waals surface area (Å²) in [5, 5.41) is 3.87. The fourth-order valence-electron chi connectivity index (χ4n) is 1.26. The zero-order chi connectivity index (χ0) is 11.5. The van der Waals surface area contributed by atoms with Crippen molar-refractivity contribution in [2.45, 2.75) is 6.42 Å². The Bertz CT molecular complexity index is 501. The van der Waals surface area contributed by atoms with Gasteiger partial charge in [-0.2, -0.15) is 4.98 Å². The molecule has 0 spiro atoms. The minimum atomic E-state index is 0.522. The predicted molar refractivity (Wildman–Crippen MR) is 72.9 cm³/mol. The van der Waals surface area contributed by atoms with E-state index >= 15 is 0 Å². The Kier molecular flexibility index (Phi) is 3.93. The summed E-state index contributed by atoms with van der Waals surface area (Å²) in [5.74, 6) is 1.18. The maximum absolute atomic E-state index is 5.43. The van der Waals surface area contributed by atoms with Crippen LogP contribution in [0.15, 0.2) is 27.2 Å². The maximum Gasteiger partial charge on any atom is 0.259 e. The first-order valence-corrected chi connectivity index (χ1v) is 6.56. The molecule has 0 bridgehead atoms. The van der Waals surface area contributed by atoms with E-state index in [4.69, 9.17) is 10.3 Å². The average molecular weight is 394 g/mol. The number of rotatable bonds is 3. The van der Waals surface area contributed by atoms with Gasteiger partial charge in [0.15, 0.2) is 5.82 Å². The van der Waals surface area contributed by atoms with Crippen molar-refractivity contribution in [1.82, 2.24) is 10.1 Å². The normalized spacial score (nSPS) is 10.7. The number of hydrogen-bond donors (Lipinski definition) is 1. The molecule has 0 amide bonds.